The van der Waals surface area contributed by atoms with Crippen LogP contribution in [0.5, 0.6) is 0 Å². The molecule has 2 aromatic heterocycles. The Morgan fingerprint density at radius 2 is 2.00 bits per heavy atom. The highest BCUT2D eigenvalue weighted by Gasteiger charge is 2.08. The maximum atomic E-state index is 12.8. The zero-order valence-corrected chi connectivity index (χ0v) is 12.9. The number of aromatic nitrogens is 2. The van der Waals surface area contributed by atoms with E-state index in [1.54, 1.807) is 37.3 Å². The van der Waals surface area contributed by atoms with Gasteiger partial charge in [-0.05, 0) is 36.8 Å². The number of amides is 1. The van der Waals surface area contributed by atoms with Gasteiger partial charge in [-0.2, -0.15) is 0 Å². The molecule has 0 radical (unpaired) electrons. The molecule has 0 atom stereocenters. The highest BCUT2D eigenvalue weighted by molar-refractivity contribution is 5.92. The molecule has 6 nitrogen and oxygen atoms in total. The van der Waals surface area contributed by atoms with Gasteiger partial charge in [0.05, 0.1) is 11.9 Å². The van der Waals surface area contributed by atoms with Gasteiger partial charge in [-0.1, -0.05) is 17.3 Å². The molecule has 0 unspecified atom stereocenters. The third-order valence-electron chi connectivity index (χ3n) is 3.26. The van der Waals surface area contributed by atoms with Crippen molar-refractivity contribution < 1.29 is 13.7 Å². The molecule has 122 valence electrons. The lowest BCUT2D eigenvalue weighted by molar-refractivity contribution is 0.0946. The van der Waals surface area contributed by atoms with Crippen molar-refractivity contribution in [3.63, 3.8) is 0 Å². The number of halogens is 1. The van der Waals surface area contributed by atoms with E-state index >= 15 is 0 Å². The van der Waals surface area contributed by atoms with Crippen LogP contribution in [0.15, 0.2) is 53.2 Å². The average Bonchev–Trinajstić information content (AvgIpc) is 2.99. The Hall–Kier alpha value is -3.22. The van der Waals surface area contributed by atoms with E-state index in [1.807, 2.05) is 0 Å². The molecule has 2 heterocycles. The van der Waals surface area contributed by atoms with Crippen LogP contribution in [0.4, 0.5) is 15.9 Å². The standard InChI is InChI=1S/C17H15FN4O2/c1-11-8-16(22-24-11)21-14-6-7-15(19-10-14)17(23)20-9-12-2-4-13(18)5-3-12/h2-8,10H,9H2,1H3,(H,20,23)(H,21,22). The summed E-state index contributed by atoms with van der Waals surface area (Å²) in [5, 5.41) is 9.57. The van der Waals surface area contributed by atoms with Crippen molar-refractivity contribution in [2.24, 2.45) is 0 Å². The van der Waals surface area contributed by atoms with Gasteiger partial charge in [0.1, 0.15) is 17.3 Å². The lowest BCUT2D eigenvalue weighted by atomic mass is 10.2. The molecular formula is C17H15FN4O2. The topological polar surface area (TPSA) is 80.0 Å². The summed E-state index contributed by atoms with van der Waals surface area (Å²) in [6, 6.07) is 11.0. The van der Waals surface area contributed by atoms with Gasteiger partial charge in [0, 0.05) is 12.6 Å². The van der Waals surface area contributed by atoms with Crippen molar-refractivity contribution in [2.45, 2.75) is 13.5 Å². The molecule has 7 heteroatoms. The lowest BCUT2D eigenvalue weighted by Crippen LogP contribution is -2.23. The summed E-state index contributed by atoms with van der Waals surface area (Å²) in [6.07, 6.45) is 1.54. The van der Waals surface area contributed by atoms with Crippen LogP contribution in [-0.2, 0) is 6.54 Å². The number of pyridine rings is 1. The fourth-order valence-electron chi connectivity index (χ4n) is 2.05. The Bertz CT molecular complexity index is 829. The first-order valence-electron chi connectivity index (χ1n) is 7.29. The Morgan fingerprint density at radius 3 is 2.62 bits per heavy atom. The van der Waals surface area contributed by atoms with Crippen LogP contribution in [0.2, 0.25) is 0 Å². The van der Waals surface area contributed by atoms with E-state index in [-0.39, 0.29) is 11.7 Å². The number of nitrogens with one attached hydrogen (secondary N) is 2. The minimum Gasteiger partial charge on any atom is -0.360 e. The second-order valence-electron chi connectivity index (χ2n) is 5.19. The number of hydrogen-bond donors (Lipinski definition) is 2. The van der Waals surface area contributed by atoms with Crippen molar-refractivity contribution >= 4 is 17.4 Å². The van der Waals surface area contributed by atoms with Gasteiger partial charge in [-0.15, -0.1) is 0 Å². The SMILES string of the molecule is Cc1cc(Nc2ccc(C(=O)NCc3ccc(F)cc3)nc2)no1. The van der Waals surface area contributed by atoms with Crippen LogP contribution in [-0.4, -0.2) is 16.0 Å². The van der Waals surface area contributed by atoms with Crippen molar-refractivity contribution in [1.82, 2.24) is 15.5 Å². The summed E-state index contributed by atoms with van der Waals surface area (Å²) in [5.41, 5.74) is 1.79. The predicted molar refractivity (Wildman–Crippen MR) is 86.3 cm³/mol. The molecule has 0 aliphatic rings. The molecule has 0 fully saturated rings. The second kappa shape index (κ2) is 6.91. The van der Waals surface area contributed by atoms with Crippen LogP contribution < -0.4 is 10.6 Å². The van der Waals surface area contributed by atoms with Gasteiger partial charge in [0.2, 0.25) is 0 Å². The maximum absolute atomic E-state index is 12.8. The third-order valence-corrected chi connectivity index (χ3v) is 3.26. The highest BCUT2D eigenvalue weighted by Crippen LogP contribution is 2.15. The number of benzene rings is 1. The van der Waals surface area contributed by atoms with Gasteiger partial charge in [-0.3, -0.25) is 4.79 Å². The minimum absolute atomic E-state index is 0.291. The van der Waals surface area contributed by atoms with Gasteiger partial charge in [0.15, 0.2) is 5.82 Å². The maximum Gasteiger partial charge on any atom is 0.270 e. The van der Waals surface area contributed by atoms with Crippen LogP contribution in [0.3, 0.4) is 0 Å². The summed E-state index contributed by atoms with van der Waals surface area (Å²) in [7, 11) is 0. The number of rotatable bonds is 5. The van der Waals surface area contributed by atoms with E-state index in [0.717, 1.165) is 5.56 Å². The molecule has 0 saturated heterocycles. The van der Waals surface area contributed by atoms with Crippen molar-refractivity contribution in [1.29, 1.82) is 0 Å². The molecule has 3 aromatic rings. The van der Waals surface area contributed by atoms with Gasteiger partial charge < -0.3 is 15.2 Å². The smallest absolute Gasteiger partial charge is 0.270 e. The molecule has 0 aliphatic carbocycles. The molecular weight excluding hydrogens is 311 g/mol. The fraction of sp³-hybridized carbons (Fsp3) is 0.118. The minimum atomic E-state index is -0.308. The number of carbonyl (C=O) groups is 1. The number of anilines is 2. The average molecular weight is 326 g/mol. The van der Waals surface area contributed by atoms with Gasteiger partial charge in [-0.25, -0.2) is 9.37 Å². The molecule has 0 saturated carbocycles. The fourth-order valence-corrected chi connectivity index (χ4v) is 2.05. The molecule has 24 heavy (non-hydrogen) atoms. The van der Waals surface area contributed by atoms with Crippen LogP contribution >= 0.6 is 0 Å². The molecule has 0 bridgehead atoms. The Morgan fingerprint density at radius 1 is 1.21 bits per heavy atom. The van der Waals surface area contributed by atoms with E-state index in [4.69, 9.17) is 4.52 Å². The zero-order valence-electron chi connectivity index (χ0n) is 12.9. The van der Waals surface area contributed by atoms with Gasteiger partial charge >= 0.3 is 0 Å². The molecule has 1 amide bonds. The Balaban J connectivity index is 1.58. The second-order valence-corrected chi connectivity index (χ2v) is 5.19. The van der Waals surface area contributed by atoms with E-state index < -0.39 is 0 Å². The number of aryl methyl sites for hydroxylation is 1. The van der Waals surface area contributed by atoms with Crippen molar-refractivity contribution in [3.05, 3.63) is 71.5 Å². The quantitative estimate of drug-likeness (QED) is 0.752. The molecule has 3 rings (SSSR count). The van der Waals surface area contributed by atoms with E-state index in [0.29, 0.717) is 29.5 Å². The first-order valence-corrected chi connectivity index (χ1v) is 7.29. The summed E-state index contributed by atoms with van der Waals surface area (Å²) >= 11 is 0. The number of carbonyl (C=O) groups excluding carboxylic acids is 1. The summed E-state index contributed by atoms with van der Waals surface area (Å²) in [4.78, 5) is 16.2. The summed E-state index contributed by atoms with van der Waals surface area (Å²) in [6.45, 7) is 2.10. The van der Waals surface area contributed by atoms with Crippen LogP contribution in [0.25, 0.3) is 0 Å². The highest BCUT2D eigenvalue weighted by atomic mass is 19.1. The first kappa shape index (κ1) is 15.7. The van der Waals surface area contributed by atoms with Crippen LogP contribution in [0.1, 0.15) is 21.8 Å². The van der Waals surface area contributed by atoms with Gasteiger partial charge in [0.25, 0.3) is 5.91 Å². The number of nitrogens with zero attached hydrogens (tertiary/aromatic N) is 2. The lowest BCUT2D eigenvalue weighted by Gasteiger charge is -2.06. The van der Waals surface area contributed by atoms with E-state index in [1.165, 1.54) is 18.3 Å². The van der Waals surface area contributed by atoms with E-state index in [2.05, 4.69) is 20.8 Å². The monoisotopic (exact) mass is 326 g/mol. The van der Waals surface area contributed by atoms with Crippen LogP contribution in [0, 0.1) is 12.7 Å². The largest absolute Gasteiger partial charge is 0.360 e. The summed E-state index contributed by atoms with van der Waals surface area (Å²) < 4.78 is 17.8. The molecule has 2 N–H and O–H groups in total. The molecule has 0 spiro atoms. The predicted octanol–water partition coefficient (Wildman–Crippen LogP) is 3.19. The Kier molecular flexibility index (Phi) is 4.51. The first-order chi connectivity index (χ1) is 11.6. The Labute approximate surface area is 137 Å². The number of hydrogen-bond acceptors (Lipinski definition) is 5. The van der Waals surface area contributed by atoms with Crippen molar-refractivity contribution in [2.75, 3.05) is 5.32 Å². The summed E-state index contributed by atoms with van der Waals surface area (Å²) in [5.74, 6) is 0.658. The molecule has 1 aromatic carbocycles. The zero-order chi connectivity index (χ0) is 16.9. The normalized spacial score (nSPS) is 10.4. The van der Waals surface area contributed by atoms with Crippen molar-refractivity contribution in [3.8, 4) is 0 Å². The molecule has 0 aliphatic heterocycles. The third kappa shape index (κ3) is 3.95. The van der Waals surface area contributed by atoms with E-state index in [9.17, 15) is 9.18 Å².